The number of aromatic nitrogens is 1. The average Bonchev–Trinajstić information content (AvgIpc) is 2.82. The second kappa shape index (κ2) is 6.44. The zero-order chi connectivity index (χ0) is 15.6. The minimum atomic E-state index is -0.0627. The monoisotopic (exact) mass is 309 g/mol. The van der Waals surface area contributed by atoms with Crippen molar-refractivity contribution in [1.29, 1.82) is 0 Å². The first-order valence-corrected chi connectivity index (χ1v) is 8.73. The van der Waals surface area contributed by atoms with Crippen molar-refractivity contribution >= 4 is 17.2 Å². The maximum atomic E-state index is 12.4. The summed E-state index contributed by atoms with van der Waals surface area (Å²) in [6.07, 6.45) is 3.33. The third kappa shape index (κ3) is 3.64. The van der Waals surface area contributed by atoms with Gasteiger partial charge >= 0.3 is 0 Å². The first-order valence-electron chi connectivity index (χ1n) is 7.85. The SMILES string of the molecule is CCCN1C(=O)CCCC(N)C1c1csc(C(C)(C)C)n1. The van der Waals surface area contributed by atoms with E-state index in [-0.39, 0.29) is 23.4 Å². The van der Waals surface area contributed by atoms with Gasteiger partial charge in [0.1, 0.15) is 0 Å². The maximum Gasteiger partial charge on any atom is 0.223 e. The van der Waals surface area contributed by atoms with Gasteiger partial charge in [0.05, 0.1) is 16.7 Å². The zero-order valence-electron chi connectivity index (χ0n) is 13.6. The van der Waals surface area contributed by atoms with Gasteiger partial charge < -0.3 is 10.6 Å². The Morgan fingerprint density at radius 1 is 1.48 bits per heavy atom. The van der Waals surface area contributed by atoms with Crippen LogP contribution >= 0.6 is 11.3 Å². The van der Waals surface area contributed by atoms with E-state index >= 15 is 0 Å². The molecule has 2 N–H and O–H groups in total. The molecule has 1 aliphatic rings. The summed E-state index contributed by atoms with van der Waals surface area (Å²) < 4.78 is 0. The summed E-state index contributed by atoms with van der Waals surface area (Å²) in [4.78, 5) is 19.1. The fraction of sp³-hybridized carbons (Fsp3) is 0.750. The molecule has 1 aromatic heterocycles. The van der Waals surface area contributed by atoms with Gasteiger partial charge in [-0.1, -0.05) is 27.7 Å². The molecule has 0 spiro atoms. The van der Waals surface area contributed by atoms with Crippen molar-refractivity contribution in [2.24, 2.45) is 5.73 Å². The molecular formula is C16H27N3OS. The highest BCUT2D eigenvalue weighted by Crippen LogP contribution is 2.34. The molecule has 1 aromatic rings. The standard InChI is InChI=1S/C16H27N3OS/c1-5-9-19-13(20)8-6-7-11(17)14(19)12-10-21-15(18-12)16(2,3)4/h10-11,14H,5-9,17H2,1-4H3. The van der Waals surface area contributed by atoms with Gasteiger partial charge in [0.25, 0.3) is 0 Å². The van der Waals surface area contributed by atoms with Gasteiger partial charge in [0.15, 0.2) is 0 Å². The van der Waals surface area contributed by atoms with Crippen molar-refractivity contribution in [3.8, 4) is 0 Å². The van der Waals surface area contributed by atoms with Gasteiger partial charge in [0.2, 0.25) is 5.91 Å². The van der Waals surface area contributed by atoms with Crippen LogP contribution in [0.5, 0.6) is 0 Å². The Kier molecular flexibility index (Phi) is 5.04. The third-order valence-electron chi connectivity index (χ3n) is 3.92. The molecular weight excluding hydrogens is 282 g/mol. The molecule has 5 heteroatoms. The molecule has 1 amide bonds. The quantitative estimate of drug-likeness (QED) is 0.932. The number of rotatable bonds is 3. The lowest BCUT2D eigenvalue weighted by Gasteiger charge is -2.32. The minimum Gasteiger partial charge on any atom is -0.332 e. The summed E-state index contributed by atoms with van der Waals surface area (Å²) in [7, 11) is 0. The predicted molar refractivity (Wildman–Crippen MR) is 87.4 cm³/mol. The van der Waals surface area contributed by atoms with E-state index in [1.165, 1.54) is 0 Å². The molecule has 4 nitrogen and oxygen atoms in total. The summed E-state index contributed by atoms with van der Waals surface area (Å²) in [5.41, 5.74) is 7.40. The molecule has 2 rings (SSSR count). The molecule has 0 saturated carbocycles. The topological polar surface area (TPSA) is 59.2 Å². The highest BCUT2D eigenvalue weighted by molar-refractivity contribution is 7.09. The number of nitrogens with two attached hydrogens (primary N) is 1. The largest absolute Gasteiger partial charge is 0.332 e. The first kappa shape index (κ1) is 16.4. The molecule has 21 heavy (non-hydrogen) atoms. The Hall–Kier alpha value is -0.940. The van der Waals surface area contributed by atoms with Crippen LogP contribution in [0.2, 0.25) is 0 Å². The highest BCUT2D eigenvalue weighted by Gasteiger charge is 2.34. The lowest BCUT2D eigenvalue weighted by atomic mass is 9.97. The number of amides is 1. The van der Waals surface area contributed by atoms with Crippen LogP contribution in [0.25, 0.3) is 0 Å². The second-order valence-corrected chi connectivity index (χ2v) is 7.77. The Bertz CT molecular complexity index is 492. The van der Waals surface area contributed by atoms with E-state index in [0.717, 1.165) is 36.5 Å². The normalized spacial score (nSPS) is 24.2. The van der Waals surface area contributed by atoms with Crippen molar-refractivity contribution in [1.82, 2.24) is 9.88 Å². The van der Waals surface area contributed by atoms with Gasteiger partial charge in [-0.25, -0.2) is 4.98 Å². The van der Waals surface area contributed by atoms with Gasteiger partial charge in [-0.2, -0.15) is 0 Å². The number of thiazole rings is 1. The second-order valence-electron chi connectivity index (χ2n) is 6.92. The minimum absolute atomic E-state index is 0.0158. The van der Waals surface area contributed by atoms with Crippen LogP contribution in [0.15, 0.2) is 5.38 Å². The van der Waals surface area contributed by atoms with Crippen LogP contribution in [0.4, 0.5) is 0 Å². The summed E-state index contributed by atoms with van der Waals surface area (Å²) in [5, 5.41) is 3.20. The van der Waals surface area contributed by atoms with Crippen LogP contribution < -0.4 is 5.73 Å². The first-order chi connectivity index (χ1) is 9.84. The Morgan fingerprint density at radius 3 is 2.76 bits per heavy atom. The molecule has 0 bridgehead atoms. The van der Waals surface area contributed by atoms with E-state index < -0.39 is 0 Å². The molecule has 1 aliphatic heterocycles. The van der Waals surface area contributed by atoms with Crippen molar-refractivity contribution in [3.05, 3.63) is 16.1 Å². The van der Waals surface area contributed by atoms with E-state index in [0.29, 0.717) is 6.42 Å². The molecule has 2 unspecified atom stereocenters. The third-order valence-corrected chi connectivity index (χ3v) is 5.21. The highest BCUT2D eigenvalue weighted by atomic mass is 32.1. The van der Waals surface area contributed by atoms with E-state index in [1.807, 2.05) is 4.90 Å². The van der Waals surface area contributed by atoms with E-state index in [2.05, 4.69) is 33.1 Å². The van der Waals surface area contributed by atoms with Gasteiger partial charge in [-0.05, 0) is 19.3 Å². The number of hydrogen-bond donors (Lipinski definition) is 1. The lowest BCUT2D eigenvalue weighted by molar-refractivity contribution is -0.133. The van der Waals surface area contributed by atoms with Crippen LogP contribution in [0.3, 0.4) is 0 Å². The van der Waals surface area contributed by atoms with Crippen LogP contribution in [-0.2, 0) is 10.2 Å². The van der Waals surface area contributed by atoms with Gasteiger partial charge in [-0.15, -0.1) is 11.3 Å². The molecule has 0 aliphatic carbocycles. The van der Waals surface area contributed by atoms with Crippen molar-refractivity contribution in [2.45, 2.75) is 70.9 Å². The van der Waals surface area contributed by atoms with E-state index in [1.54, 1.807) is 11.3 Å². The maximum absolute atomic E-state index is 12.4. The van der Waals surface area contributed by atoms with Crippen LogP contribution in [0.1, 0.15) is 70.1 Å². The number of nitrogens with zero attached hydrogens (tertiary/aromatic N) is 2. The number of hydrogen-bond acceptors (Lipinski definition) is 4. The fourth-order valence-electron chi connectivity index (χ4n) is 2.83. The van der Waals surface area contributed by atoms with Crippen molar-refractivity contribution in [3.63, 3.8) is 0 Å². The van der Waals surface area contributed by atoms with Gasteiger partial charge in [0, 0.05) is 29.8 Å². The summed E-state index contributed by atoms with van der Waals surface area (Å²) in [6.45, 7) is 9.36. The predicted octanol–water partition coefficient (Wildman–Crippen LogP) is 3.23. The van der Waals surface area contributed by atoms with Crippen LogP contribution in [0, 0.1) is 0 Å². The fourth-order valence-corrected chi connectivity index (χ4v) is 3.76. The Balaban J connectivity index is 2.35. The lowest BCUT2D eigenvalue weighted by Crippen LogP contribution is -2.42. The summed E-state index contributed by atoms with van der Waals surface area (Å²) >= 11 is 1.68. The molecule has 2 atom stereocenters. The van der Waals surface area contributed by atoms with Gasteiger partial charge in [-0.3, -0.25) is 4.79 Å². The Morgan fingerprint density at radius 2 is 2.19 bits per heavy atom. The summed E-state index contributed by atoms with van der Waals surface area (Å²) in [5.74, 6) is 0.222. The van der Waals surface area contributed by atoms with E-state index in [4.69, 9.17) is 10.7 Å². The van der Waals surface area contributed by atoms with Crippen molar-refractivity contribution < 1.29 is 4.79 Å². The molecule has 0 aromatic carbocycles. The zero-order valence-corrected chi connectivity index (χ0v) is 14.4. The number of likely N-dealkylation sites (tertiary alicyclic amines) is 1. The molecule has 1 saturated heterocycles. The van der Waals surface area contributed by atoms with Crippen LogP contribution in [-0.4, -0.2) is 28.4 Å². The number of carbonyl (C=O) groups is 1. The Labute approximate surface area is 131 Å². The molecule has 2 heterocycles. The molecule has 0 radical (unpaired) electrons. The summed E-state index contributed by atoms with van der Waals surface area (Å²) in [6, 6.07) is -0.0785. The van der Waals surface area contributed by atoms with Crippen molar-refractivity contribution in [2.75, 3.05) is 6.54 Å². The molecule has 1 fully saturated rings. The average molecular weight is 309 g/mol. The van der Waals surface area contributed by atoms with E-state index in [9.17, 15) is 4.79 Å². The molecule has 118 valence electrons. The smallest absolute Gasteiger partial charge is 0.223 e. The number of carbonyl (C=O) groups excluding carboxylic acids is 1.